The van der Waals surface area contributed by atoms with Crippen molar-refractivity contribution >= 4 is 21.7 Å². The topological polar surface area (TPSA) is 16.1 Å². The van der Waals surface area contributed by atoms with Crippen LogP contribution < -0.4 is 4.90 Å². The van der Waals surface area contributed by atoms with Gasteiger partial charge in [-0.25, -0.2) is 4.98 Å². The molecule has 1 aliphatic rings. The number of hydrogen-bond acceptors (Lipinski definition) is 2. The molecule has 1 heterocycles. The van der Waals surface area contributed by atoms with Crippen LogP contribution in [0.25, 0.3) is 0 Å². The average Bonchev–Trinajstić information content (AvgIpc) is 2.38. The predicted octanol–water partition coefficient (Wildman–Crippen LogP) is 4.56. The van der Waals surface area contributed by atoms with Gasteiger partial charge in [-0.3, -0.25) is 0 Å². The number of aromatic nitrogens is 1. The lowest BCUT2D eigenvalue weighted by Crippen LogP contribution is -2.35. The highest BCUT2D eigenvalue weighted by atomic mass is 79.9. The number of rotatable bonds is 3. The maximum atomic E-state index is 4.57. The van der Waals surface area contributed by atoms with Crippen molar-refractivity contribution in [3.63, 3.8) is 0 Å². The molecule has 18 heavy (non-hydrogen) atoms. The fourth-order valence-corrected chi connectivity index (χ4v) is 3.64. The molecule has 2 rings (SSSR count). The summed E-state index contributed by atoms with van der Waals surface area (Å²) in [5, 5.41) is 0. The van der Waals surface area contributed by atoms with Crippen LogP contribution in [0.4, 0.5) is 5.82 Å². The standard InChI is InChI=1S/C15H23BrN2/c1-4-12-5-7-13(8-6-12)18(3)15-14(16)9-11(2)10-17-15/h9-10,12-13H,4-8H2,1-3H3. The van der Waals surface area contributed by atoms with Gasteiger partial charge in [-0.1, -0.05) is 13.3 Å². The normalized spacial score (nSPS) is 24.0. The van der Waals surface area contributed by atoms with E-state index in [-0.39, 0.29) is 0 Å². The first-order chi connectivity index (χ1) is 8.61. The highest BCUT2D eigenvalue weighted by Crippen LogP contribution is 2.33. The largest absolute Gasteiger partial charge is 0.356 e. The Labute approximate surface area is 119 Å². The molecule has 0 unspecified atom stereocenters. The lowest BCUT2D eigenvalue weighted by atomic mass is 9.84. The summed E-state index contributed by atoms with van der Waals surface area (Å²) in [6.45, 7) is 4.39. The van der Waals surface area contributed by atoms with Crippen LogP contribution >= 0.6 is 15.9 Å². The summed E-state index contributed by atoms with van der Waals surface area (Å²) in [5.74, 6) is 2.03. The first kappa shape index (κ1) is 13.9. The zero-order valence-corrected chi connectivity index (χ0v) is 13.2. The molecule has 1 aromatic heterocycles. The molecule has 1 fully saturated rings. The zero-order valence-electron chi connectivity index (χ0n) is 11.6. The Kier molecular flexibility index (Phi) is 4.66. The number of aryl methyl sites for hydroxylation is 1. The third kappa shape index (κ3) is 3.05. The molecule has 3 heteroatoms. The second-order valence-corrected chi connectivity index (χ2v) is 6.37. The second-order valence-electron chi connectivity index (χ2n) is 5.51. The van der Waals surface area contributed by atoms with Gasteiger partial charge in [0, 0.05) is 19.3 Å². The van der Waals surface area contributed by atoms with Gasteiger partial charge in [0.05, 0.1) is 4.47 Å². The molecule has 0 radical (unpaired) electrons. The zero-order chi connectivity index (χ0) is 13.1. The molecule has 0 bridgehead atoms. The lowest BCUT2D eigenvalue weighted by Gasteiger charge is -2.35. The van der Waals surface area contributed by atoms with Crippen LogP contribution in [0, 0.1) is 12.8 Å². The van der Waals surface area contributed by atoms with Crippen LogP contribution in [0.2, 0.25) is 0 Å². The van der Waals surface area contributed by atoms with E-state index in [4.69, 9.17) is 0 Å². The van der Waals surface area contributed by atoms with E-state index in [2.05, 4.69) is 52.8 Å². The Morgan fingerprint density at radius 1 is 1.33 bits per heavy atom. The lowest BCUT2D eigenvalue weighted by molar-refractivity contribution is 0.313. The minimum atomic E-state index is 0.652. The van der Waals surface area contributed by atoms with Gasteiger partial charge in [0.25, 0.3) is 0 Å². The summed E-state index contributed by atoms with van der Waals surface area (Å²) >= 11 is 3.64. The van der Waals surface area contributed by atoms with E-state index in [9.17, 15) is 0 Å². The third-order valence-corrected chi connectivity index (χ3v) is 4.82. The van der Waals surface area contributed by atoms with Gasteiger partial charge in [0.2, 0.25) is 0 Å². The molecule has 0 aromatic carbocycles. The third-order valence-electron chi connectivity index (χ3n) is 4.23. The molecule has 1 saturated carbocycles. The van der Waals surface area contributed by atoms with E-state index < -0.39 is 0 Å². The van der Waals surface area contributed by atoms with Crippen LogP contribution in [0.3, 0.4) is 0 Å². The van der Waals surface area contributed by atoms with Crippen molar-refractivity contribution in [3.8, 4) is 0 Å². The van der Waals surface area contributed by atoms with Crippen molar-refractivity contribution in [2.45, 2.75) is 52.0 Å². The molecular formula is C15H23BrN2. The molecule has 0 saturated heterocycles. The summed E-state index contributed by atoms with van der Waals surface area (Å²) in [7, 11) is 2.18. The Morgan fingerprint density at radius 3 is 2.56 bits per heavy atom. The van der Waals surface area contributed by atoms with E-state index in [0.29, 0.717) is 6.04 Å². The van der Waals surface area contributed by atoms with Gasteiger partial charge in [-0.05, 0) is 66.1 Å². The SMILES string of the molecule is CCC1CCC(N(C)c2ncc(C)cc2Br)CC1. The highest BCUT2D eigenvalue weighted by molar-refractivity contribution is 9.10. The van der Waals surface area contributed by atoms with Crippen molar-refractivity contribution in [2.24, 2.45) is 5.92 Å². The number of pyridine rings is 1. The van der Waals surface area contributed by atoms with Gasteiger partial charge >= 0.3 is 0 Å². The van der Waals surface area contributed by atoms with E-state index in [1.54, 1.807) is 0 Å². The van der Waals surface area contributed by atoms with E-state index in [1.165, 1.54) is 37.7 Å². The Balaban J connectivity index is 2.05. The van der Waals surface area contributed by atoms with Gasteiger partial charge in [0.1, 0.15) is 5.82 Å². The van der Waals surface area contributed by atoms with Gasteiger partial charge in [-0.2, -0.15) is 0 Å². The molecular weight excluding hydrogens is 288 g/mol. The molecule has 0 N–H and O–H groups in total. The van der Waals surface area contributed by atoms with Crippen LogP contribution in [0.15, 0.2) is 16.7 Å². The fourth-order valence-electron chi connectivity index (χ4n) is 2.90. The van der Waals surface area contributed by atoms with Crippen molar-refractivity contribution < 1.29 is 0 Å². The Morgan fingerprint density at radius 2 is 2.00 bits per heavy atom. The Bertz CT molecular complexity index is 397. The summed E-state index contributed by atoms with van der Waals surface area (Å²) in [4.78, 5) is 6.93. The first-order valence-corrected chi connectivity index (χ1v) is 7.76. The monoisotopic (exact) mass is 310 g/mol. The molecule has 100 valence electrons. The van der Waals surface area contributed by atoms with Crippen molar-refractivity contribution in [1.82, 2.24) is 4.98 Å². The Hall–Kier alpha value is -0.570. The quantitative estimate of drug-likeness (QED) is 0.813. The van der Waals surface area contributed by atoms with Crippen LogP contribution in [0.5, 0.6) is 0 Å². The smallest absolute Gasteiger partial charge is 0.142 e. The van der Waals surface area contributed by atoms with Gasteiger partial charge < -0.3 is 4.90 Å². The second kappa shape index (κ2) is 6.05. The van der Waals surface area contributed by atoms with Crippen LogP contribution in [-0.2, 0) is 0 Å². The summed E-state index contributed by atoms with van der Waals surface area (Å²) in [5.41, 5.74) is 1.20. The number of nitrogens with zero attached hydrogens (tertiary/aromatic N) is 2. The maximum Gasteiger partial charge on any atom is 0.142 e. The molecule has 0 aliphatic heterocycles. The molecule has 1 aromatic rings. The summed E-state index contributed by atoms with van der Waals surface area (Å²) < 4.78 is 1.11. The van der Waals surface area contributed by atoms with Gasteiger partial charge in [-0.15, -0.1) is 0 Å². The maximum absolute atomic E-state index is 4.57. The fraction of sp³-hybridized carbons (Fsp3) is 0.667. The molecule has 0 atom stereocenters. The van der Waals surface area contributed by atoms with Gasteiger partial charge in [0.15, 0.2) is 0 Å². The summed E-state index contributed by atoms with van der Waals surface area (Å²) in [6, 6.07) is 2.80. The minimum Gasteiger partial charge on any atom is -0.356 e. The molecule has 1 aliphatic carbocycles. The summed E-state index contributed by atoms with van der Waals surface area (Å²) in [6.07, 6.45) is 8.63. The predicted molar refractivity (Wildman–Crippen MR) is 81.1 cm³/mol. The minimum absolute atomic E-state index is 0.652. The molecule has 0 spiro atoms. The molecule has 0 amide bonds. The number of halogens is 1. The first-order valence-electron chi connectivity index (χ1n) is 6.96. The van der Waals surface area contributed by atoms with Crippen molar-refractivity contribution in [1.29, 1.82) is 0 Å². The molecule has 2 nitrogen and oxygen atoms in total. The number of anilines is 1. The van der Waals surface area contributed by atoms with Crippen LogP contribution in [-0.4, -0.2) is 18.1 Å². The highest BCUT2D eigenvalue weighted by Gasteiger charge is 2.24. The van der Waals surface area contributed by atoms with Crippen molar-refractivity contribution in [3.05, 3.63) is 22.3 Å². The average molecular weight is 311 g/mol. The van der Waals surface area contributed by atoms with Crippen LogP contribution in [0.1, 0.15) is 44.6 Å². The van der Waals surface area contributed by atoms with E-state index >= 15 is 0 Å². The van der Waals surface area contributed by atoms with Crippen molar-refractivity contribution in [2.75, 3.05) is 11.9 Å². The van der Waals surface area contributed by atoms with E-state index in [0.717, 1.165) is 16.2 Å². The number of hydrogen-bond donors (Lipinski definition) is 0. The van der Waals surface area contributed by atoms with E-state index in [1.807, 2.05) is 6.20 Å².